The normalized spacial score (nSPS) is 13.4. The summed E-state index contributed by atoms with van der Waals surface area (Å²) in [5.41, 5.74) is 0.974. The van der Waals surface area contributed by atoms with E-state index in [-0.39, 0.29) is 6.42 Å². The number of aliphatic hydroxyl groups is 1. The van der Waals surface area contributed by atoms with Gasteiger partial charge < -0.3 is 9.84 Å². The van der Waals surface area contributed by atoms with Gasteiger partial charge in [0.05, 0.1) is 13.2 Å². The maximum Gasteiger partial charge on any atom is 0.389 e. The summed E-state index contributed by atoms with van der Waals surface area (Å²) < 4.78 is 40.8. The first-order valence-corrected chi connectivity index (χ1v) is 5.78. The van der Waals surface area contributed by atoms with E-state index < -0.39 is 18.7 Å². The van der Waals surface area contributed by atoms with Crippen LogP contribution in [0.3, 0.4) is 0 Å². The molecule has 0 bridgehead atoms. The van der Waals surface area contributed by atoms with Crippen LogP contribution in [0, 0.1) is 0 Å². The van der Waals surface area contributed by atoms with Crippen molar-refractivity contribution in [3.63, 3.8) is 0 Å². The summed E-state index contributed by atoms with van der Waals surface area (Å²) in [4.78, 5) is 0. The number of methoxy groups -OCH3 is 1. The number of hydrogen-bond donors (Lipinski definition) is 1. The fraction of sp³-hybridized carbons (Fsp3) is 0.538. The predicted molar refractivity (Wildman–Crippen MR) is 62.6 cm³/mol. The zero-order valence-corrected chi connectivity index (χ0v) is 10.2. The molecule has 0 radical (unpaired) electrons. The van der Waals surface area contributed by atoms with Crippen molar-refractivity contribution < 1.29 is 23.0 Å². The van der Waals surface area contributed by atoms with E-state index in [1.54, 1.807) is 19.2 Å². The average molecular weight is 262 g/mol. The Hall–Kier alpha value is -1.23. The van der Waals surface area contributed by atoms with Crippen molar-refractivity contribution in [3.8, 4) is 5.75 Å². The van der Waals surface area contributed by atoms with Crippen molar-refractivity contribution in [1.82, 2.24) is 0 Å². The zero-order valence-electron chi connectivity index (χ0n) is 10.2. The highest BCUT2D eigenvalue weighted by atomic mass is 19.4. The Labute approximate surface area is 104 Å². The standard InChI is InChI=1S/C13H17F3O2/c1-18-12-6-3-10(4-7-12)2-5-11(17)8-9-13(14,15)16/h3-4,6-7,11,17H,2,5,8-9H2,1H3. The van der Waals surface area contributed by atoms with Crippen molar-refractivity contribution in [2.45, 2.75) is 38.0 Å². The van der Waals surface area contributed by atoms with E-state index in [0.29, 0.717) is 12.8 Å². The number of hydrogen-bond acceptors (Lipinski definition) is 2. The lowest BCUT2D eigenvalue weighted by Gasteiger charge is -2.12. The van der Waals surface area contributed by atoms with Gasteiger partial charge in [0.1, 0.15) is 5.75 Å². The molecular formula is C13H17F3O2. The highest BCUT2D eigenvalue weighted by molar-refractivity contribution is 5.27. The minimum absolute atomic E-state index is 0.236. The fourth-order valence-corrected chi connectivity index (χ4v) is 1.60. The van der Waals surface area contributed by atoms with Gasteiger partial charge in [0.15, 0.2) is 0 Å². The van der Waals surface area contributed by atoms with Crippen LogP contribution in [0.2, 0.25) is 0 Å². The molecule has 0 aliphatic rings. The Morgan fingerprint density at radius 3 is 2.28 bits per heavy atom. The van der Waals surface area contributed by atoms with Gasteiger partial charge in [0.2, 0.25) is 0 Å². The molecule has 102 valence electrons. The second kappa shape index (κ2) is 6.64. The molecule has 0 heterocycles. The molecule has 1 aromatic rings. The van der Waals surface area contributed by atoms with E-state index in [1.807, 2.05) is 12.1 Å². The molecule has 0 aliphatic carbocycles. The minimum atomic E-state index is -4.19. The molecule has 0 saturated heterocycles. The predicted octanol–water partition coefficient (Wildman–Crippen LogP) is 3.33. The number of alkyl halides is 3. The highest BCUT2D eigenvalue weighted by Gasteiger charge is 2.27. The Morgan fingerprint density at radius 1 is 1.17 bits per heavy atom. The molecule has 0 spiro atoms. The van der Waals surface area contributed by atoms with Gasteiger partial charge in [-0.1, -0.05) is 12.1 Å². The lowest BCUT2D eigenvalue weighted by Crippen LogP contribution is -2.14. The summed E-state index contributed by atoms with van der Waals surface area (Å²) in [5, 5.41) is 9.45. The summed E-state index contributed by atoms with van der Waals surface area (Å²) in [5.74, 6) is 0.733. The van der Waals surface area contributed by atoms with Crippen molar-refractivity contribution in [2.24, 2.45) is 0 Å². The minimum Gasteiger partial charge on any atom is -0.497 e. The van der Waals surface area contributed by atoms with Crippen LogP contribution in [-0.2, 0) is 6.42 Å². The van der Waals surface area contributed by atoms with E-state index in [4.69, 9.17) is 4.74 Å². The molecule has 1 aromatic carbocycles. The van der Waals surface area contributed by atoms with Crippen LogP contribution >= 0.6 is 0 Å². The second-order valence-corrected chi connectivity index (χ2v) is 4.19. The van der Waals surface area contributed by atoms with Gasteiger partial charge in [-0.2, -0.15) is 13.2 Å². The van der Waals surface area contributed by atoms with Crippen molar-refractivity contribution in [1.29, 1.82) is 0 Å². The number of aliphatic hydroxyl groups excluding tert-OH is 1. The molecule has 5 heteroatoms. The molecule has 1 rings (SSSR count). The van der Waals surface area contributed by atoms with E-state index in [1.165, 1.54) is 0 Å². The average Bonchev–Trinajstić information content (AvgIpc) is 2.33. The van der Waals surface area contributed by atoms with Gasteiger partial charge >= 0.3 is 6.18 Å². The van der Waals surface area contributed by atoms with Crippen molar-refractivity contribution in [2.75, 3.05) is 7.11 Å². The van der Waals surface area contributed by atoms with Crippen LogP contribution in [0.4, 0.5) is 13.2 Å². The summed E-state index contributed by atoms with van der Waals surface area (Å²) in [6, 6.07) is 7.26. The van der Waals surface area contributed by atoms with Crippen LogP contribution in [0.5, 0.6) is 5.75 Å². The smallest absolute Gasteiger partial charge is 0.389 e. The topological polar surface area (TPSA) is 29.5 Å². The molecule has 0 aromatic heterocycles. The Morgan fingerprint density at radius 2 is 1.78 bits per heavy atom. The SMILES string of the molecule is COc1ccc(CCC(O)CCC(F)(F)F)cc1. The van der Waals surface area contributed by atoms with Crippen LogP contribution in [0.25, 0.3) is 0 Å². The molecule has 1 atom stereocenters. The van der Waals surface area contributed by atoms with E-state index >= 15 is 0 Å². The van der Waals surface area contributed by atoms with E-state index in [2.05, 4.69) is 0 Å². The first-order chi connectivity index (χ1) is 8.40. The third-order valence-corrected chi connectivity index (χ3v) is 2.69. The molecule has 0 amide bonds. The highest BCUT2D eigenvalue weighted by Crippen LogP contribution is 2.23. The van der Waals surface area contributed by atoms with Gasteiger partial charge in [-0.05, 0) is 37.0 Å². The van der Waals surface area contributed by atoms with E-state index in [0.717, 1.165) is 11.3 Å². The maximum absolute atomic E-state index is 11.9. The zero-order chi connectivity index (χ0) is 13.6. The van der Waals surface area contributed by atoms with Gasteiger partial charge in [-0.3, -0.25) is 0 Å². The van der Waals surface area contributed by atoms with Crippen LogP contribution in [0.15, 0.2) is 24.3 Å². The van der Waals surface area contributed by atoms with Crippen LogP contribution in [-0.4, -0.2) is 24.5 Å². The largest absolute Gasteiger partial charge is 0.497 e. The number of ether oxygens (including phenoxy) is 1. The molecule has 1 N–H and O–H groups in total. The first-order valence-electron chi connectivity index (χ1n) is 5.78. The van der Waals surface area contributed by atoms with Gasteiger partial charge in [-0.15, -0.1) is 0 Å². The third-order valence-electron chi connectivity index (χ3n) is 2.69. The number of halogens is 3. The molecule has 0 aliphatic heterocycles. The van der Waals surface area contributed by atoms with E-state index in [9.17, 15) is 18.3 Å². The van der Waals surface area contributed by atoms with Gasteiger partial charge in [-0.25, -0.2) is 0 Å². The lowest BCUT2D eigenvalue weighted by molar-refractivity contribution is -0.140. The van der Waals surface area contributed by atoms with Crippen molar-refractivity contribution in [3.05, 3.63) is 29.8 Å². The maximum atomic E-state index is 11.9. The summed E-state index contributed by atoms with van der Waals surface area (Å²) >= 11 is 0. The second-order valence-electron chi connectivity index (χ2n) is 4.19. The Kier molecular flexibility index (Phi) is 5.47. The van der Waals surface area contributed by atoms with Gasteiger partial charge in [0.25, 0.3) is 0 Å². The Balaban J connectivity index is 2.31. The van der Waals surface area contributed by atoms with Crippen molar-refractivity contribution >= 4 is 0 Å². The lowest BCUT2D eigenvalue weighted by atomic mass is 10.0. The summed E-state index contributed by atoms with van der Waals surface area (Å²) in [6.07, 6.45) is -5.38. The third kappa shape index (κ3) is 5.91. The molecule has 0 saturated carbocycles. The number of benzene rings is 1. The van der Waals surface area contributed by atoms with Crippen LogP contribution in [0.1, 0.15) is 24.8 Å². The molecule has 18 heavy (non-hydrogen) atoms. The monoisotopic (exact) mass is 262 g/mol. The van der Waals surface area contributed by atoms with Crippen LogP contribution < -0.4 is 4.74 Å². The molecule has 2 nitrogen and oxygen atoms in total. The Bertz CT molecular complexity index is 346. The molecular weight excluding hydrogens is 245 g/mol. The van der Waals surface area contributed by atoms with Gasteiger partial charge in [0, 0.05) is 6.42 Å². The number of rotatable bonds is 6. The molecule has 0 fully saturated rings. The first kappa shape index (κ1) is 14.8. The number of aryl methyl sites for hydroxylation is 1. The summed E-state index contributed by atoms with van der Waals surface area (Å²) in [7, 11) is 1.57. The molecule has 1 unspecified atom stereocenters. The quantitative estimate of drug-likeness (QED) is 0.852. The fourth-order valence-electron chi connectivity index (χ4n) is 1.60. The summed E-state index contributed by atoms with van der Waals surface area (Å²) in [6.45, 7) is 0.